The predicted molar refractivity (Wildman–Crippen MR) is 72.5 cm³/mol. The number of anilines is 1. The third-order valence-corrected chi connectivity index (χ3v) is 3.78. The first kappa shape index (κ1) is 12.4. The SMILES string of the molecule is Fc1ccc2c(c1)CCC2Nc1c(F)cccc1Cl. The van der Waals surface area contributed by atoms with Crippen molar-refractivity contribution in [2.75, 3.05) is 5.32 Å². The number of hydrogen-bond acceptors (Lipinski definition) is 1. The molecule has 0 saturated heterocycles. The second-order valence-corrected chi connectivity index (χ2v) is 5.08. The Kier molecular flexibility index (Phi) is 3.15. The highest BCUT2D eigenvalue weighted by Crippen LogP contribution is 2.36. The van der Waals surface area contributed by atoms with Crippen LogP contribution in [0.4, 0.5) is 14.5 Å². The standard InChI is InChI=1S/C15H12ClF2N/c16-12-2-1-3-13(18)15(12)19-14-7-4-9-8-10(17)5-6-11(9)14/h1-3,5-6,8,14,19H,4,7H2. The van der Waals surface area contributed by atoms with E-state index < -0.39 is 0 Å². The summed E-state index contributed by atoms with van der Waals surface area (Å²) >= 11 is 6.00. The first-order chi connectivity index (χ1) is 9.15. The average molecular weight is 280 g/mol. The van der Waals surface area contributed by atoms with Crippen LogP contribution in [0.2, 0.25) is 5.02 Å². The number of hydrogen-bond donors (Lipinski definition) is 1. The number of fused-ring (bicyclic) bond motifs is 1. The Morgan fingerprint density at radius 1 is 1.16 bits per heavy atom. The summed E-state index contributed by atoms with van der Waals surface area (Å²) in [5, 5.41) is 3.48. The second kappa shape index (κ2) is 4.82. The van der Waals surface area contributed by atoms with E-state index >= 15 is 0 Å². The molecular weight excluding hydrogens is 268 g/mol. The summed E-state index contributed by atoms with van der Waals surface area (Å²) < 4.78 is 26.9. The van der Waals surface area contributed by atoms with E-state index in [1.165, 1.54) is 12.1 Å². The Labute approximate surface area is 115 Å². The van der Waals surface area contributed by atoms with Crippen LogP contribution in [-0.4, -0.2) is 0 Å². The van der Waals surface area contributed by atoms with Crippen molar-refractivity contribution in [3.05, 3.63) is 64.2 Å². The number of para-hydroxylation sites is 1. The molecule has 3 rings (SSSR count). The van der Waals surface area contributed by atoms with E-state index in [1.807, 2.05) is 0 Å². The smallest absolute Gasteiger partial charge is 0.147 e. The van der Waals surface area contributed by atoms with Gasteiger partial charge in [-0.2, -0.15) is 0 Å². The molecule has 0 aromatic heterocycles. The topological polar surface area (TPSA) is 12.0 Å². The summed E-state index contributed by atoms with van der Waals surface area (Å²) in [4.78, 5) is 0. The number of benzene rings is 2. The van der Waals surface area contributed by atoms with E-state index in [0.29, 0.717) is 10.7 Å². The first-order valence-corrected chi connectivity index (χ1v) is 6.52. The minimum atomic E-state index is -0.372. The van der Waals surface area contributed by atoms with Crippen LogP contribution < -0.4 is 5.32 Å². The Hall–Kier alpha value is -1.61. The zero-order chi connectivity index (χ0) is 13.4. The lowest BCUT2D eigenvalue weighted by atomic mass is 10.1. The van der Waals surface area contributed by atoms with Gasteiger partial charge in [0.2, 0.25) is 0 Å². The monoisotopic (exact) mass is 279 g/mol. The summed E-state index contributed by atoms with van der Waals surface area (Å²) in [5.74, 6) is -0.605. The van der Waals surface area contributed by atoms with Gasteiger partial charge in [0.25, 0.3) is 0 Å². The van der Waals surface area contributed by atoms with E-state index in [0.717, 1.165) is 24.0 Å². The van der Waals surface area contributed by atoms with Crippen molar-refractivity contribution >= 4 is 17.3 Å². The molecule has 0 radical (unpaired) electrons. The second-order valence-electron chi connectivity index (χ2n) is 4.68. The normalized spacial score (nSPS) is 17.3. The van der Waals surface area contributed by atoms with Crippen LogP contribution in [0.25, 0.3) is 0 Å². The molecule has 1 atom stereocenters. The van der Waals surface area contributed by atoms with E-state index in [9.17, 15) is 8.78 Å². The van der Waals surface area contributed by atoms with Crippen molar-refractivity contribution in [3.63, 3.8) is 0 Å². The number of aryl methyl sites for hydroxylation is 1. The molecule has 19 heavy (non-hydrogen) atoms. The van der Waals surface area contributed by atoms with Crippen LogP contribution in [0, 0.1) is 11.6 Å². The van der Waals surface area contributed by atoms with Crippen molar-refractivity contribution in [1.82, 2.24) is 0 Å². The van der Waals surface area contributed by atoms with Gasteiger partial charge in [-0.05, 0) is 48.2 Å². The van der Waals surface area contributed by atoms with Crippen LogP contribution in [0.1, 0.15) is 23.6 Å². The molecule has 0 spiro atoms. The lowest BCUT2D eigenvalue weighted by Crippen LogP contribution is -2.09. The van der Waals surface area contributed by atoms with Gasteiger partial charge < -0.3 is 5.32 Å². The third-order valence-electron chi connectivity index (χ3n) is 3.46. The highest BCUT2D eigenvalue weighted by molar-refractivity contribution is 6.33. The molecule has 0 aliphatic heterocycles. The quantitative estimate of drug-likeness (QED) is 0.839. The molecule has 98 valence electrons. The van der Waals surface area contributed by atoms with Gasteiger partial charge in [0, 0.05) is 0 Å². The van der Waals surface area contributed by atoms with Gasteiger partial charge >= 0.3 is 0 Å². The molecule has 1 nitrogen and oxygen atoms in total. The largest absolute Gasteiger partial charge is 0.375 e. The molecule has 1 aliphatic carbocycles. The molecule has 1 N–H and O–H groups in total. The van der Waals surface area contributed by atoms with Gasteiger partial charge in [-0.25, -0.2) is 8.78 Å². The molecule has 0 heterocycles. The molecule has 1 aliphatic rings. The van der Waals surface area contributed by atoms with Gasteiger partial charge in [0.1, 0.15) is 11.6 Å². The number of rotatable bonds is 2. The molecule has 1 unspecified atom stereocenters. The molecular formula is C15H12ClF2N. The Bertz CT molecular complexity index is 607. The van der Waals surface area contributed by atoms with Crippen LogP contribution >= 0.6 is 11.6 Å². The van der Waals surface area contributed by atoms with E-state index in [4.69, 9.17) is 11.6 Å². The molecule has 0 amide bonds. The summed E-state index contributed by atoms with van der Waals surface area (Å²) in [6.07, 6.45) is 1.60. The fourth-order valence-corrected chi connectivity index (χ4v) is 2.76. The number of halogens is 3. The predicted octanol–water partition coefficient (Wildman–Crippen LogP) is 4.72. The lowest BCUT2D eigenvalue weighted by molar-refractivity contribution is 0.624. The first-order valence-electron chi connectivity index (χ1n) is 6.14. The Balaban J connectivity index is 1.91. The van der Waals surface area contributed by atoms with Gasteiger partial charge in [-0.15, -0.1) is 0 Å². The van der Waals surface area contributed by atoms with Crippen molar-refractivity contribution < 1.29 is 8.78 Å². The zero-order valence-electron chi connectivity index (χ0n) is 10.1. The molecule has 0 bridgehead atoms. The van der Waals surface area contributed by atoms with Gasteiger partial charge in [0.15, 0.2) is 0 Å². The minimum Gasteiger partial charge on any atom is -0.375 e. The van der Waals surface area contributed by atoms with Crippen molar-refractivity contribution in [1.29, 1.82) is 0 Å². The summed E-state index contributed by atoms with van der Waals surface area (Å²) in [5.41, 5.74) is 2.30. The van der Waals surface area contributed by atoms with Crippen LogP contribution in [0.15, 0.2) is 36.4 Å². The highest BCUT2D eigenvalue weighted by Gasteiger charge is 2.24. The van der Waals surface area contributed by atoms with Gasteiger partial charge in [0.05, 0.1) is 16.8 Å². The molecule has 2 aromatic carbocycles. The van der Waals surface area contributed by atoms with Crippen LogP contribution in [-0.2, 0) is 6.42 Å². The summed E-state index contributed by atoms with van der Waals surface area (Å²) in [6.45, 7) is 0. The minimum absolute atomic E-state index is 0.0231. The average Bonchev–Trinajstić information content (AvgIpc) is 2.76. The van der Waals surface area contributed by atoms with Crippen molar-refractivity contribution in [3.8, 4) is 0 Å². The number of nitrogens with one attached hydrogen (secondary N) is 1. The zero-order valence-corrected chi connectivity index (χ0v) is 10.8. The van der Waals surface area contributed by atoms with Gasteiger partial charge in [-0.3, -0.25) is 0 Å². The fourth-order valence-electron chi connectivity index (χ4n) is 2.55. The maximum Gasteiger partial charge on any atom is 0.147 e. The van der Waals surface area contributed by atoms with E-state index in [-0.39, 0.29) is 17.7 Å². The van der Waals surface area contributed by atoms with E-state index in [2.05, 4.69) is 5.32 Å². The summed E-state index contributed by atoms with van der Waals surface area (Å²) in [7, 11) is 0. The lowest BCUT2D eigenvalue weighted by Gasteiger charge is -2.17. The van der Waals surface area contributed by atoms with Crippen molar-refractivity contribution in [2.24, 2.45) is 0 Å². The highest BCUT2D eigenvalue weighted by atomic mass is 35.5. The maximum absolute atomic E-state index is 13.7. The Morgan fingerprint density at radius 3 is 2.79 bits per heavy atom. The van der Waals surface area contributed by atoms with E-state index in [1.54, 1.807) is 24.3 Å². The van der Waals surface area contributed by atoms with Crippen LogP contribution in [0.5, 0.6) is 0 Å². The fraction of sp³-hybridized carbons (Fsp3) is 0.200. The summed E-state index contributed by atoms with van der Waals surface area (Å²) in [6, 6.07) is 9.29. The molecule has 4 heteroatoms. The van der Waals surface area contributed by atoms with Crippen molar-refractivity contribution in [2.45, 2.75) is 18.9 Å². The molecule has 2 aromatic rings. The third kappa shape index (κ3) is 2.30. The Morgan fingerprint density at radius 2 is 2.00 bits per heavy atom. The molecule has 0 fully saturated rings. The van der Waals surface area contributed by atoms with Gasteiger partial charge in [-0.1, -0.05) is 23.7 Å². The maximum atomic E-state index is 13.7. The molecule has 0 saturated carbocycles. The van der Waals surface area contributed by atoms with Crippen LogP contribution in [0.3, 0.4) is 0 Å².